The topological polar surface area (TPSA) is 30.7 Å². The standard InChI is InChI=1S/C19H12ClFN3/c20-17-10-22-7-6-16(17)14-4-5-18-19(9-14)24(12-23-18)11-13-2-1-3-15(21)8-13/h1-6,8-10,12H,11H2. The van der Waals surface area contributed by atoms with Gasteiger partial charge in [-0.2, -0.15) is 0 Å². The fourth-order valence-electron chi connectivity index (χ4n) is 2.74. The van der Waals surface area contributed by atoms with Crippen molar-refractivity contribution in [3.63, 3.8) is 0 Å². The predicted molar refractivity (Wildman–Crippen MR) is 92.3 cm³/mol. The molecule has 0 saturated heterocycles. The maximum absolute atomic E-state index is 13.4. The molecule has 0 fully saturated rings. The number of hydrogen-bond donors (Lipinski definition) is 0. The molecule has 5 heteroatoms. The van der Waals surface area contributed by atoms with Crippen molar-refractivity contribution >= 4 is 22.6 Å². The highest BCUT2D eigenvalue weighted by Crippen LogP contribution is 2.29. The van der Waals surface area contributed by atoms with Crippen LogP contribution in [-0.2, 0) is 6.54 Å². The number of rotatable bonds is 3. The Labute approximate surface area is 143 Å². The van der Waals surface area contributed by atoms with Crippen LogP contribution in [0, 0.1) is 12.0 Å². The Bertz CT molecular complexity index is 1030. The van der Waals surface area contributed by atoms with Crippen molar-refractivity contribution in [1.82, 2.24) is 14.5 Å². The molecule has 0 N–H and O–H groups in total. The molecule has 1 radical (unpaired) electrons. The van der Waals surface area contributed by atoms with Crippen LogP contribution in [0.4, 0.5) is 4.39 Å². The fourth-order valence-corrected chi connectivity index (χ4v) is 2.95. The number of pyridine rings is 1. The van der Waals surface area contributed by atoms with Crippen molar-refractivity contribution in [2.24, 2.45) is 0 Å². The lowest BCUT2D eigenvalue weighted by Gasteiger charge is -2.07. The van der Waals surface area contributed by atoms with Gasteiger partial charge in [-0.25, -0.2) is 9.37 Å². The van der Waals surface area contributed by atoms with Crippen LogP contribution in [-0.4, -0.2) is 14.5 Å². The molecule has 0 aliphatic rings. The lowest BCUT2D eigenvalue weighted by Crippen LogP contribution is -1.98. The zero-order valence-electron chi connectivity index (χ0n) is 12.6. The van der Waals surface area contributed by atoms with E-state index in [1.54, 1.807) is 24.7 Å². The molecule has 0 spiro atoms. The molecule has 4 aromatic rings. The molecule has 0 aliphatic heterocycles. The van der Waals surface area contributed by atoms with Gasteiger partial charge in [-0.1, -0.05) is 29.8 Å². The molecule has 24 heavy (non-hydrogen) atoms. The van der Waals surface area contributed by atoms with Crippen LogP contribution in [0.15, 0.2) is 61.1 Å². The van der Waals surface area contributed by atoms with E-state index in [-0.39, 0.29) is 5.82 Å². The van der Waals surface area contributed by atoms with Gasteiger partial charge in [0.2, 0.25) is 0 Å². The number of nitrogens with zero attached hydrogens (tertiary/aromatic N) is 3. The maximum atomic E-state index is 13.4. The first-order valence-corrected chi connectivity index (χ1v) is 7.80. The second kappa shape index (κ2) is 6.06. The number of benzene rings is 2. The van der Waals surface area contributed by atoms with Gasteiger partial charge in [-0.3, -0.25) is 4.98 Å². The minimum absolute atomic E-state index is 0.239. The van der Waals surface area contributed by atoms with Crippen molar-refractivity contribution < 1.29 is 4.39 Å². The van der Waals surface area contributed by atoms with Gasteiger partial charge in [-0.05, 0) is 41.5 Å². The molecular formula is C19H12ClFN3. The van der Waals surface area contributed by atoms with E-state index in [2.05, 4.69) is 16.2 Å². The number of aromatic nitrogens is 3. The second-order valence-corrected chi connectivity index (χ2v) is 5.91. The molecule has 0 unspecified atom stereocenters. The third-order valence-electron chi connectivity index (χ3n) is 3.89. The summed E-state index contributed by atoms with van der Waals surface area (Å²) in [5.74, 6) is -0.239. The molecule has 2 aromatic carbocycles. The average molecular weight is 337 g/mol. The number of fused-ring (bicyclic) bond motifs is 1. The molecule has 2 heterocycles. The van der Waals surface area contributed by atoms with Crippen molar-refractivity contribution in [3.05, 3.63) is 83.7 Å². The smallest absolute Gasteiger partial charge is 0.123 e. The molecule has 0 saturated carbocycles. The maximum Gasteiger partial charge on any atom is 0.123 e. The van der Waals surface area contributed by atoms with Gasteiger partial charge in [0.25, 0.3) is 0 Å². The monoisotopic (exact) mass is 336 g/mol. The van der Waals surface area contributed by atoms with Gasteiger partial charge in [0.1, 0.15) is 5.82 Å². The highest BCUT2D eigenvalue weighted by molar-refractivity contribution is 6.33. The van der Waals surface area contributed by atoms with Gasteiger partial charge < -0.3 is 4.57 Å². The van der Waals surface area contributed by atoms with Crippen LogP contribution < -0.4 is 0 Å². The van der Waals surface area contributed by atoms with Crippen LogP contribution in [0.5, 0.6) is 0 Å². The fraction of sp³-hybridized carbons (Fsp3) is 0.0526. The van der Waals surface area contributed by atoms with Crippen LogP contribution >= 0.6 is 11.6 Å². The zero-order valence-corrected chi connectivity index (χ0v) is 13.3. The third-order valence-corrected chi connectivity index (χ3v) is 4.19. The summed E-state index contributed by atoms with van der Waals surface area (Å²) in [4.78, 5) is 8.30. The number of imidazole rings is 1. The van der Waals surface area contributed by atoms with Crippen molar-refractivity contribution in [2.45, 2.75) is 6.54 Å². The summed E-state index contributed by atoms with van der Waals surface area (Å²) in [6, 6.07) is 14.3. The van der Waals surface area contributed by atoms with Gasteiger partial charge >= 0.3 is 0 Å². The molecule has 3 nitrogen and oxygen atoms in total. The van der Waals surface area contributed by atoms with Gasteiger partial charge in [-0.15, -0.1) is 0 Å². The van der Waals surface area contributed by atoms with Crippen molar-refractivity contribution in [1.29, 1.82) is 0 Å². The SMILES string of the molecule is Fc1cccc(Cn2cnc3ccc(-c4c[c]ncc4Cl)cc32)c1. The molecule has 0 bridgehead atoms. The van der Waals surface area contributed by atoms with E-state index in [4.69, 9.17) is 11.6 Å². The lowest BCUT2D eigenvalue weighted by atomic mass is 10.1. The Morgan fingerprint density at radius 3 is 2.92 bits per heavy atom. The van der Waals surface area contributed by atoms with E-state index in [1.807, 2.05) is 28.8 Å². The summed E-state index contributed by atoms with van der Waals surface area (Å²) in [5, 5.41) is 0.573. The Morgan fingerprint density at radius 2 is 2.08 bits per heavy atom. The van der Waals surface area contributed by atoms with E-state index in [1.165, 1.54) is 12.1 Å². The summed E-state index contributed by atoms with van der Waals surface area (Å²) >= 11 is 6.22. The van der Waals surface area contributed by atoms with E-state index < -0.39 is 0 Å². The predicted octanol–water partition coefficient (Wildman–Crippen LogP) is 4.74. The Kier molecular flexibility index (Phi) is 3.75. The van der Waals surface area contributed by atoms with E-state index >= 15 is 0 Å². The first kappa shape index (κ1) is 14.8. The van der Waals surface area contributed by atoms with Crippen molar-refractivity contribution in [2.75, 3.05) is 0 Å². The molecule has 0 atom stereocenters. The lowest BCUT2D eigenvalue weighted by molar-refractivity contribution is 0.624. The van der Waals surface area contributed by atoms with Crippen LogP contribution in [0.3, 0.4) is 0 Å². The Balaban J connectivity index is 1.78. The average Bonchev–Trinajstić information content (AvgIpc) is 2.98. The van der Waals surface area contributed by atoms with Crippen LogP contribution in [0.2, 0.25) is 5.02 Å². The Hall–Kier alpha value is -2.72. The molecule has 4 rings (SSSR count). The molecule has 2 aromatic heterocycles. The summed E-state index contributed by atoms with van der Waals surface area (Å²) in [7, 11) is 0. The van der Waals surface area contributed by atoms with E-state index in [9.17, 15) is 4.39 Å². The largest absolute Gasteiger partial charge is 0.326 e. The van der Waals surface area contributed by atoms with E-state index in [0.29, 0.717) is 11.6 Å². The molecule has 0 amide bonds. The molecule has 117 valence electrons. The van der Waals surface area contributed by atoms with Crippen LogP contribution in [0.1, 0.15) is 5.56 Å². The highest BCUT2D eigenvalue weighted by Gasteiger charge is 2.08. The summed E-state index contributed by atoms with van der Waals surface area (Å²) in [6.45, 7) is 0.550. The molecular weight excluding hydrogens is 325 g/mol. The summed E-state index contributed by atoms with van der Waals surface area (Å²) in [5.41, 5.74) is 4.56. The quantitative estimate of drug-likeness (QED) is 0.541. The first-order valence-electron chi connectivity index (χ1n) is 7.42. The number of hydrogen-bond acceptors (Lipinski definition) is 2. The van der Waals surface area contributed by atoms with Gasteiger partial charge in [0.15, 0.2) is 0 Å². The Morgan fingerprint density at radius 1 is 1.17 bits per heavy atom. The minimum atomic E-state index is -0.239. The second-order valence-electron chi connectivity index (χ2n) is 5.50. The van der Waals surface area contributed by atoms with E-state index in [0.717, 1.165) is 27.7 Å². The normalized spacial score (nSPS) is 11.1. The van der Waals surface area contributed by atoms with Gasteiger partial charge in [0.05, 0.1) is 28.6 Å². The van der Waals surface area contributed by atoms with Crippen LogP contribution in [0.25, 0.3) is 22.2 Å². The van der Waals surface area contributed by atoms with Gasteiger partial charge in [0, 0.05) is 18.3 Å². The third kappa shape index (κ3) is 2.76. The number of halogens is 2. The minimum Gasteiger partial charge on any atom is -0.326 e. The molecule has 0 aliphatic carbocycles. The zero-order chi connectivity index (χ0) is 16.5. The highest BCUT2D eigenvalue weighted by atomic mass is 35.5. The summed E-state index contributed by atoms with van der Waals surface area (Å²) in [6.07, 6.45) is 6.14. The first-order chi connectivity index (χ1) is 11.7. The summed E-state index contributed by atoms with van der Waals surface area (Å²) < 4.78 is 15.4. The van der Waals surface area contributed by atoms with Crippen molar-refractivity contribution in [3.8, 4) is 11.1 Å².